The summed E-state index contributed by atoms with van der Waals surface area (Å²) in [5.74, 6) is 1.93. The molecule has 0 saturated carbocycles. The zero-order valence-corrected chi connectivity index (χ0v) is 16.9. The number of ether oxygens (including phenoxy) is 2. The van der Waals surface area contributed by atoms with Crippen molar-refractivity contribution in [1.82, 2.24) is 15.0 Å². The molecule has 0 fully saturated rings. The van der Waals surface area contributed by atoms with E-state index in [0.29, 0.717) is 36.2 Å². The first kappa shape index (κ1) is 19.9. The van der Waals surface area contributed by atoms with Crippen LogP contribution in [0.5, 0.6) is 11.5 Å². The molecule has 28 heavy (non-hydrogen) atoms. The van der Waals surface area contributed by atoms with Gasteiger partial charge in [0.1, 0.15) is 6.54 Å². The van der Waals surface area contributed by atoms with Gasteiger partial charge in [-0.3, -0.25) is 4.79 Å². The van der Waals surface area contributed by atoms with Crippen molar-refractivity contribution < 1.29 is 18.8 Å². The first-order valence-electron chi connectivity index (χ1n) is 9.11. The maximum Gasteiger partial charge on any atom is 0.264 e. The lowest BCUT2D eigenvalue weighted by Gasteiger charge is -2.25. The topological polar surface area (TPSA) is 77.7 Å². The summed E-state index contributed by atoms with van der Waals surface area (Å²) in [5, 5.41) is 5.95. The van der Waals surface area contributed by atoms with Gasteiger partial charge in [-0.2, -0.15) is 4.98 Å². The summed E-state index contributed by atoms with van der Waals surface area (Å²) in [6, 6.07) is 11.1. The Morgan fingerprint density at radius 3 is 2.64 bits per heavy atom. The maximum absolute atomic E-state index is 13.0. The van der Waals surface area contributed by atoms with Crippen molar-refractivity contribution >= 4 is 17.2 Å². The normalized spacial score (nSPS) is 11.8. The van der Waals surface area contributed by atoms with E-state index in [1.54, 1.807) is 24.1 Å². The van der Waals surface area contributed by atoms with E-state index in [4.69, 9.17) is 14.0 Å². The summed E-state index contributed by atoms with van der Waals surface area (Å²) in [7, 11) is 1.57. The summed E-state index contributed by atoms with van der Waals surface area (Å²) in [5.41, 5.74) is 0. The van der Waals surface area contributed by atoms with E-state index >= 15 is 0 Å². The number of methoxy groups -OCH3 is 1. The number of carbonyl (C=O) groups is 1. The molecule has 0 aliphatic heterocycles. The summed E-state index contributed by atoms with van der Waals surface area (Å²) in [6.45, 7) is 4.55. The maximum atomic E-state index is 13.0. The Labute approximate surface area is 167 Å². The average Bonchev–Trinajstić information content (AvgIpc) is 3.41. The van der Waals surface area contributed by atoms with Gasteiger partial charge in [0, 0.05) is 6.54 Å². The van der Waals surface area contributed by atoms with E-state index in [2.05, 4.69) is 10.1 Å². The molecule has 0 saturated heterocycles. The second-order valence-electron chi connectivity index (χ2n) is 6.01. The SMILES string of the molecule is CCC(Oc1ccccc1OC)C(=O)N(CC)Cc1nc(-c2cccs2)no1. The highest BCUT2D eigenvalue weighted by Gasteiger charge is 2.26. The van der Waals surface area contributed by atoms with Crippen molar-refractivity contribution in [3.8, 4) is 22.2 Å². The molecule has 0 N–H and O–H groups in total. The van der Waals surface area contributed by atoms with Crippen LogP contribution in [0.15, 0.2) is 46.3 Å². The van der Waals surface area contributed by atoms with E-state index in [1.807, 2.05) is 43.5 Å². The van der Waals surface area contributed by atoms with Crippen LogP contribution < -0.4 is 9.47 Å². The Hall–Kier alpha value is -2.87. The number of amides is 1. The van der Waals surface area contributed by atoms with Crippen molar-refractivity contribution in [2.75, 3.05) is 13.7 Å². The quantitative estimate of drug-likeness (QED) is 0.539. The highest BCUT2D eigenvalue weighted by Crippen LogP contribution is 2.28. The van der Waals surface area contributed by atoms with Crippen molar-refractivity contribution in [3.63, 3.8) is 0 Å². The minimum absolute atomic E-state index is 0.133. The molecule has 7 nitrogen and oxygen atoms in total. The Kier molecular flexibility index (Phi) is 6.65. The number of nitrogens with zero attached hydrogens (tertiary/aromatic N) is 3. The van der Waals surface area contributed by atoms with Crippen LogP contribution in [0.1, 0.15) is 26.2 Å². The molecule has 0 bridgehead atoms. The summed E-state index contributed by atoms with van der Waals surface area (Å²) < 4.78 is 16.6. The van der Waals surface area contributed by atoms with E-state index in [1.165, 1.54) is 11.3 Å². The predicted octanol–water partition coefficient (Wildman–Crippen LogP) is 4.01. The standard InChI is InChI=1S/C20H23N3O4S/c1-4-14(26-16-10-7-6-9-15(16)25-3)20(24)23(5-2)13-18-21-19(22-27-18)17-11-8-12-28-17/h6-12,14H,4-5,13H2,1-3H3. The molecule has 8 heteroatoms. The third kappa shape index (κ3) is 4.51. The average molecular weight is 401 g/mol. The van der Waals surface area contributed by atoms with Crippen LogP contribution in [0, 0.1) is 0 Å². The lowest BCUT2D eigenvalue weighted by molar-refractivity contribution is -0.139. The molecule has 0 spiro atoms. The Morgan fingerprint density at radius 1 is 1.21 bits per heavy atom. The number of para-hydroxylation sites is 2. The number of thiophene rings is 1. The van der Waals surface area contributed by atoms with Crippen LogP contribution in [-0.4, -0.2) is 40.7 Å². The summed E-state index contributed by atoms with van der Waals surface area (Å²) >= 11 is 1.54. The van der Waals surface area contributed by atoms with E-state index in [0.717, 1.165) is 4.88 Å². The molecule has 2 aromatic heterocycles. The van der Waals surface area contributed by atoms with Gasteiger partial charge in [0.25, 0.3) is 5.91 Å². The smallest absolute Gasteiger partial charge is 0.264 e. The minimum Gasteiger partial charge on any atom is -0.493 e. The molecular weight excluding hydrogens is 378 g/mol. The minimum atomic E-state index is -0.629. The molecule has 3 aromatic rings. The molecule has 148 valence electrons. The number of hydrogen-bond donors (Lipinski definition) is 0. The predicted molar refractivity (Wildman–Crippen MR) is 106 cm³/mol. The third-order valence-corrected chi connectivity index (χ3v) is 5.08. The van der Waals surface area contributed by atoms with Gasteiger partial charge < -0.3 is 18.9 Å². The number of rotatable bonds is 9. The van der Waals surface area contributed by atoms with Gasteiger partial charge in [0.2, 0.25) is 11.7 Å². The number of hydrogen-bond acceptors (Lipinski definition) is 7. The van der Waals surface area contributed by atoms with Crippen molar-refractivity contribution in [2.45, 2.75) is 32.9 Å². The molecule has 3 rings (SSSR count). The Balaban J connectivity index is 1.70. The van der Waals surface area contributed by atoms with Gasteiger partial charge in [-0.25, -0.2) is 0 Å². The molecule has 0 radical (unpaired) electrons. The lowest BCUT2D eigenvalue weighted by atomic mass is 10.2. The Morgan fingerprint density at radius 2 is 2.00 bits per heavy atom. The molecule has 2 heterocycles. The highest BCUT2D eigenvalue weighted by molar-refractivity contribution is 7.13. The van der Waals surface area contributed by atoms with E-state index < -0.39 is 6.10 Å². The van der Waals surface area contributed by atoms with Crippen LogP contribution in [-0.2, 0) is 11.3 Å². The van der Waals surface area contributed by atoms with Gasteiger partial charge in [-0.15, -0.1) is 11.3 Å². The number of carbonyl (C=O) groups excluding carboxylic acids is 1. The third-order valence-electron chi connectivity index (χ3n) is 4.21. The lowest BCUT2D eigenvalue weighted by Crippen LogP contribution is -2.41. The van der Waals surface area contributed by atoms with E-state index in [-0.39, 0.29) is 12.5 Å². The highest BCUT2D eigenvalue weighted by atomic mass is 32.1. The van der Waals surface area contributed by atoms with Gasteiger partial charge in [-0.1, -0.05) is 30.3 Å². The molecule has 1 amide bonds. The fourth-order valence-corrected chi connectivity index (χ4v) is 3.36. The molecular formula is C20H23N3O4S. The largest absolute Gasteiger partial charge is 0.493 e. The summed E-state index contributed by atoms with van der Waals surface area (Å²) in [4.78, 5) is 20.0. The molecule has 1 aromatic carbocycles. The molecule has 1 atom stereocenters. The van der Waals surface area contributed by atoms with Crippen LogP contribution in [0.2, 0.25) is 0 Å². The van der Waals surface area contributed by atoms with Gasteiger partial charge in [0.05, 0.1) is 12.0 Å². The summed E-state index contributed by atoms with van der Waals surface area (Å²) in [6.07, 6.45) is -0.103. The molecule has 0 aliphatic rings. The second kappa shape index (κ2) is 9.36. The second-order valence-corrected chi connectivity index (χ2v) is 6.95. The Bertz CT molecular complexity index is 895. The van der Waals surface area contributed by atoms with Gasteiger partial charge in [-0.05, 0) is 36.9 Å². The zero-order chi connectivity index (χ0) is 19.9. The first-order valence-corrected chi connectivity index (χ1v) is 9.99. The number of benzene rings is 1. The molecule has 0 aliphatic carbocycles. The van der Waals surface area contributed by atoms with Crippen molar-refractivity contribution in [3.05, 3.63) is 47.7 Å². The van der Waals surface area contributed by atoms with Crippen molar-refractivity contribution in [1.29, 1.82) is 0 Å². The van der Waals surface area contributed by atoms with Gasteiger partial charge in [0.15, 0.2) is 17.6 Å². The fourth-order valence-electron chi connectivity index (χ4n) is 2.72. The monoisotopic (exact) mass is 401 g/mol. The van der Waals surface area contributed by atoms with Crippen LogP contribution >= 0.6 is 11.3 Å². The van der Waals surface area contributed by atoms with Crippen molar-refractivity contribution in [2.24, 2.45) is 0 Å². The van der Waals surface area contributed by atoms with Gasteiger partial charge >= 0.3 is 0 Å². The van der Waals surface area contributed by atoms with Crippen LogP contribution in [0.25, 0.3) is 10.7 Å². The van der Waals surface area contributed by atoms with Crippen LogP contribution in [0.4, 0.5) is 0 Å². The fraction of sp³-hybridized carbons (Fsp3) is 0.350. The first-order chi connectivity index (χ1) is 13.7. The van der Waals surface area contributed by atoms with E-state index in [9.17, 15) is 4.79 Å². The number of aromatic nitrogens is 2. The molecule has 1 unspecified atom stereocenters. The zero-order valence-electron chi connectivity index (χ0n) is 16.1. The number of likely N-dealkylation sites (N-methyl/N-ethyl adjacent to an activating group) is 1. The van der Waals surface area contributed by atoms with Crippen LogP contribution in [0.3, 0.4) is 0 Å².